The summed E-state index contributed by atoms with van der Waals surface area (Å²) in [7, 11) is 0. The van der Waals surface area contributed by atoms with E-state index in [-0.39, 0.29) is 17.8 Å². The highest BCUT2D eigenvalue weighted by atomic mass is 19.1. The van der Waals surface area contributed by atoms with Gasteiger partial charge in [0.05, 0.1) is 11.7 Å². The van der Waals surface area contributed by atoms with Gasteiger partial charge >= 0.3 is 0 Å². The third-order valence-corrected chi connectivity index (χ3v) is 5.48. The predicted octanol–water partition coefficient (Wildman–Crippen LogP) is 2.51. The number of aromatic amines is 1. The molecule has 1 aromatic carbocycles. The highest BCUT2D eigenvalue weighted by Crippen LogP contribution is 2.45. The van der Waals surface area contributed by atoms with Gasteiger partial charge in [-0.25, -0.2) is 4.39 Å². The SMILES string of the molecule is CC(=O)N1C[C@H]2CN(Cc3cc(C)[nH]n3)C[C@H]2[C@@H]1c1cccc(F)c1. The van der Waals surface area contributed by atoms with Gasteiger partial charge in [0.15, 0.2) is 0 Å². The maximum absolute atomic E-state index is 13.7. The number of hydrogen-bond acceptors (Lipinski definition) is 3. The molecule has 0 radical (unpaired) electrons. The smallest absolute Gasteiger partial charge is 0.219 e. The molecule has 0 aliphatic carbocycles. The maximum Gasteiger partial charge on any atom is 0.219 e. The topological polar surface area (TPSA) is 52.2 Å². The van der Waals surface area contributed by atoms with Gasteiger partial charge in [-0.2, -0.15) is 5.10 Å². The minimum atomic E-state index is -0.244. The summed E-state index contributed by atoms with van der Waals surface area (Å²) < 4.78 is 13.7. The molecule has 0 saturated carbocycles. The molecule has 4 rings (SSSR count). The van der Waals surface area contributed by atoms with Gasteiger partial charge in [-0.15, -0.1) is 0 Å². The zero-order chi connectivity index (χ0) is 17.6. The van der Waals surface area contributed by atoms with Crippen molar-refractivity contribution in [2.45, 2.75) is 26.4 Å². The Morgan fingerprint density at radius 3 is 2.84 bits per heavy atom. The number of fused-ring (bicyclic) bond motifs is 1. The van der Waals surface area contributed by atoms with Crippen LogP contribution in [0.2, 0.25) is 0 Å². The van der Waals surface area contributed by atoms with Crippen molar-refractivity contribution in [1.29, 1.82) is 0 Å². The van der Waals surface area contributed by atoms with E-state index in [9.17, 15) is 9.18 Å². The number of aromatic nitrogens is 2. The lowest BCUT2D eigenvalue weighted by atomic mass is 9.89. The van der Waals surface area contributed by atoms with E-state index in [0.717, 1.165) is 43.1 Å². The monoisotopic (exact) mass is 342 g/mol. The number of rotatable bonds is 3. The Labute approximate surface area is 146 Å². The fourth-order valence-electron chi connectivity index (χ4n) is 4.49. The molecular formula is C19H23FN4O. The van der Waals surface area contributed by atoms with Gasteiger partial charge < -0.3 is 4.90 Å². The van der Waals surface area contributed by atoms with E-state index in [1.54, 1.807) is 19.1 Å². The number of aryl methyl sites for hydroxylation is 1. The average molecular weight is 342 g/mol. The fourth-order valence-corrected chi connectivity index (χ4v) is 4.49. The van der Waals surface area contributed by atoms with E-state index in [1.165, 1.54) is 6.07 Å². The number of H-pyrrole nitrogens is 1. The summed E-state index contributed by atoms with van der Waals surface area (Å²) in [6.45, 7) is 7.02. The first-order valence-electron chi connectivity index (χ1n) is 8.77. The first-order valence-corrected chi connectivity index (χ1v) is 8.77. The molecule has 5 nitrogen and oxygen atoms in total. The van der Waals surface area contributed by atoms with E-state index >= 15 is 0 Å². The van der Waals surface area contributed by atoms with Crippen molar-refractivity contribution in [2.75, 3.05) is 19.6 Å². The van der Waals surface area contributed by atoms with E-state index < -0.39 is 0 Å². The number of carbonyl (C=O) groups excluding carboxylic acids is 1. The van der Waals surface area contributed by atoms with Gasteiger partial charge in [0.2, 0.25) is 5.91 Å². The summed E-state index contributed by atoms with van der Waals surface area (Å²) >= 11 is 0. The molecule has 1 aromatic heterocycles. The summed E-state index contributed by atoms with van der Waals surface area (Å²) in [5, 5.41) is 7.31. The van der Waals surface area contributed by atoms with Gasteiger partial charge in [-0.05, 0) is 36.6 Å². The Balaban J connectivity index is 1.56. The van der Waals surface area contributed by atoms with Gasteiger partial charge in [-0.1, -0.05) is 12.1 Å². The largest absolute Gasteiger partial charge is 0.335 e. The number of halogens is 1. The lowest BCUT2D eigenvalue weighted by molar-refractivity contribution is -0.130. The number of carbonyl (C=O) groups is 1. The Morgan fingerprint density at radius 1 is 1.32 bits per heavy atom. The molecule has 2 saturated heterocycles. The molecule has 2 aromatic rings. The molecule has 0 bridgehead atoms. The van der Waals surface area contributed by atoms with Gasteiger partial charge in [0.25, 0.3) is 0 Å². The van der Waals surface area contributed by atoms with Crippen molar-refractivity contribution in [3.8, 4) is 0 Å². The molecule has 1 N–H and O–H groups in total. The maximum atomic E-state index is 13.7. The summed E-state index contributed by atoms with van der Waals surface area (Å²) in [4.78, 5) is 16.4. The molecule has 2 aliphatic heterocycles. The number of nitrogens with one attached hydrogen (secondary N) is 1. The van der Waals surface area contributed by atoms with Crippen LogP contribution in [0.25, 0.3) is 0 Å². The Bertz CT molecular complexity index is 789. The van der Waals surface area contributed by atoms with Crippen molar-refractivity contribution in [2.24, 2.45) is 11.8 Å². The predicted molar refractivity (Wildman–Crippen MR) is 92.1 cm³/mol. The van der Waals surface area contributed by atoms with Crippen LogP contribution in [0.4, 0.5) is 4.39 Å². The summed E-state index contributed by atoms with van der Waals surface area (Å²) in [6.07, 6.45) is 0. The first kappa shape index (κ1) is 16.3. The third-order valence-electron chi connectivity index (χ3n) is 5.48. The second-order valence-electron chi connectivity index (χ2n) is 7.33. The number of hydrogen-bond donors (Lipinski definition) is 1. The van der Waals surface area contributed by atoms with Crippen molar-refractivity contribution in [3.05, 3.63) is 53.1 Å². The van der Waals surface area contributed by atoms with Crippen LogP contribution in [0.5, 0.6) is 0 Å². The van der Waals surface area contributed by atoms with Crippen molar-refractivity contribution < 1.29 is 9.18 Å². The van der Waals surface area contributed by atoms with E-state index in [4.69, 9.17) is 0 Å². The minimum Gasteiger partial charge on any atom is -0.335 e. The van der Waals surface area contributed by atoms with Gasteiger partial charge in [0.1, 0.15) is 5.82 Å². The Hall–Kier alpha value is -2.21. The second kappa shape index (κ2) is 6.26. The van der Waals surface area contributed by atoms with Crippen molar-refractivity contribution in [1.82, 2.24) is 20.0 Å². The van der Waals surface area contributed by atoms with Crippen LogP contribution in [-0.4, -0.2) is 45.5 Å². The zero-order valence-corrected chi connectivity index (χ0v) is 14.6. The number of benzene rings is 1. The normalized spacial score (nSPS) is 26.2. The molecule has 0 unspecified atom stereocenters. The molecule has 1 amide bonds. The fraction of sp³-hybridized carbons (Fsp3) is 0.474. The van der Waals surface area contributed by atoms with E-state index in [0.29, 0.717) is 11.8 Å². The Kier molecular flexibility index (Phi) is 4.07. The van der Waals surface area contributed by atoms with Crippen LogP contribution in [0, 0.1) is 24.6 Å². The van der Waals surface area contributed by atoms with Crippen LogP contribution in [0.1, 0.15) is 29.9 Å². The second-order valence-corrected chi connectivity index (χ2v) is 7.33. The van der Waals surface area contributed by atoms with Gasteiger partial charge in [-0.3, -0.25) is 14.8 Å². The molecule has 2 fully saturated rings. The van der Waals surface area contributed by atoms with Gasteiger partial charge in [0, 0.05) is 44.7 Å². The molecule has 3 heterocycles. The molecule has 25 heavy (non-hydrogen) atoms. The summed E-state index contributed by atoms with van der Waals surface area (Å²) in [5.41, 5.74) is 3.01. The number of nitrogens with zero attached hydrogens (tertiary/aromatic N) is 3. The number of likely N-dealkylation sites (tertiary alicyclic amines) is 2. The summed E-state index contributed by atoms with van der Waals surface area (Å²) in [6, 6.07) is 8.73. The zero-order valence-electron chi connectivity index (χ0n) is 14.6. The Morgan fingerprint density at radius 2 is 2.16 bits per heavy atom. The lowest BCUT2D eigenvalue weighted by Gasteiger charge is -2.29. The van der Waals surface area contributed by atoms with Crippen LogP contribution in [-0.2, 0) is 11.3 Å². The van der Waals surface area contributed by atoms with Crippen molar-refractivity contribution in [3.63, 3.8) is 0 Å². The molecule has 3 atom stereocenters. The van der Waals surface area contributed by atoms with Crippen LogP contribution in [0.3, 0.4) is 0 Å². The van der Waals surface area contributed by atoms with Crippen LogP contribution >= 0.6 is 0 Å². The minimum absolute atomic E-state index is 0.0379. The van der Waals surface area contributed by atoms with Crippen LogP contribution < -0.4 is 0 Å². The molecule has 6 heteroatoms. The summed E-state index contributed by atoms with van der Waals surface area (Å²) in [5.74, 6) is 0.590. The highest BCUT2D eigenvalue weighted by molar-refractivity contribution is 5.74. The molecule has 132 valence electrons. The molecule has 0 spiro atoms. The van der Waals surface area contributed by atoms with E-state index in [1.807, 2.05) is 17.9 Å². The molecular weight excluding hydrogens is 319 g/mol. The third kappa shape index (κ3) is 3.06. The molecule has 2 aliphatic rings. The number of amides is 1. The highest BCUT2D eigenvalue weighted by Gasteiger charge is 2.48. The lowest BCUT2D eigenvalue weighted by Crippen LogP contribution is -2.34. The quantitative estimate of drug-likeness (QED) is 0.932. The van der Waals surface area contributed by atoms with Crippen molar-refractivity contribution >= 4 is 5.91 Å². The average Bonchev–Trinajstić information content (AvgIpc) is 3.21. The standard InChI is InChI=1S/C19H23FN4O/c1-12-6-17(22-21-12)10-23-8-15-9-24(13(2)25)19(18(15)11-23)14-4-3-5-16(20)7-14/h3-7,15,18-19H,8-11H2,1-2H3,(H,21,22)/t15-,18-,19+/m1/s1. The van der Waals surface area contributed by atoms with E-state index in [2.05, 4.69) is 21.2 Å². The van der Waals surface area contributed by atoms with Crippen LogP contribution in [0.15, 0.2) is 30.3 Å². The first-order chi connectivity index (χ1) is 12.0.